The van der Waals surface area contributed by atoms with Crippen molar-refractivity contribution in [2.24, 2.45) is 5.92 Å². The Morgan fingerprint density at radius 1 is 1.40 bits per heavy atom. The van der Waals surface area contributed by atoms with Crippen LogP contribution in [0.25, 0.3) is 0 Å². The number of hydrogen-bond acceptors (Lipinski definition) is 3. The van der Waals surface area contributed by atoms with Crippen LogP contribution >= 0.6 is 0 Å². The average Bonchev–Trinajstić information content (AvgIpc) is 3.07. The maximum atomic E-state index is 12.6. The van der Waals surface area contributed by atoms with Gasteiger partial charge in [-0.15, -0.1) is 0 Å². The molecule has 2 heterocycles. The molecule has 1 atom stereocenters. The van der Waals surface area contributed by atoms with Crippen LogP contribution in [0.1, 0.15) is 42.9 Å². The van der Waals surface area contributed by atoms with Gasteiger partial charge in [-0.3, -0.25) is 14.7 Å². The summed E-state index contributed by atoms with van der Waals surface area (Å²) in [5.41, 5.74) is 1.10. The molecular formula is C16H23F3N4O2. The topological polar surface area (TPSA) is 69.3 Å². The Morgan fingerprint density at radius 3 is 2.68 bits per heavy atom. The van der Waals surface area contributed by atoms with E-state index < -0.39 is 24.5 Å². The number of likely N-dealkylation sites (tertiary alicyclic amines) is 1. The minimum atomic E-state index is -4.43. The second kappa shape index (κ2) is 7.88. The Morgan fingerprint density at radius 2 is 2.12 bits per heavy atom. The van der Waals surface area contributed by atoms with E-state index in [-0.39, 0.29) is 24.7 Å². The molecule has 1 aromatic rings. The van der Waals surface area contributed by atoms with Gasteiger partial charge in [0.15, 0.2) is 0 Å². The normalized spacial score (nSPS) is 18.3. The van der Waals surface area contributed by atoms with E-state index in [4.69, 9.17) is 0 Å². The van der Waals surface area contributed by atoms with Crippen LogP contribution < -0.4 is 0 Å². The Hall–Kier alpha value is -2.06. The SMILES string of the molecule is CCc1cc(C(=O)N2CCCC(C(=O)N(CC)CC(F)(F)F)C2)n[nH]1. The number of carbonyl (C=O) groups is 2. The fourth-order valence-corrected chi connectivity index (χ4v) is 3.00. The Bertz CT molecular complexity index is 615. The third-order valence-corrected chi connectivity index (χ3v) is 4.35. The maximum Gasteiger partial charge on any atom is 0.406 e. The number of carbonyl (C=O) groups excluding carboxylic acids is 2. The minimum absolute atomic E-state index is 0.0119. The molecule has 0 bridgehead atoms. The van der Waals surface area contributed by atoms with Crippen LogP contribution in [-0.4, -0.2) is 64.2 Å². The van der Waals surface area contributed by atoms with Gasteiger partial charge in [-0.05, 0) is 32.3 Å². The summed E-state index contributed by atoms with van der Waals surface area (Å²) >= 11 is 0. The van der Waals surface area contributed by atoms with Gasteiger partial charge in [-0.25, -0.2) is 0 Å². The highest BCUT2D eigenvalue weighted by molar-refractivity contribution is 5.93. The number of aromatic nitrogens is 2. The van der Waals surface area contributed by atoms with E-state index >= 15 is 0 Å². The summed E-state index contributed by atoms with van der Waals surface area (Å²) in [4.78, 5) is 27.2. The molecule has 1 unspecified atom stereocenters. The van der Waals surface area contributed by atoms with Crippen molar-refractivity contribution in [1.29, 1.82) is 0 Å². The zero-order chi connectivity index (χ0) is 18.6. The third-order valence-electron chi connectivity index (χ3n) is 4.35. The van der Waals surface area contributed by atoms with Gasteiger partial charge in [0, 0.05) is 25.3 Å². The third kappa shape index (κ3) is 4.96. The van der Waals surface area contributed by atoms with Crippen LogP contribution in [0, 0.1) is 5.92 Å². The van der Waals surface area contributed by atoms with Crippen LogP contribution in [0.15, 0.2) is 6.07 Å². The highest BCUT2D eigenvalue weighted by Gasteiger charge is 2.37. The summed E-state index contributed by atoms with van der Waals surface area (Å²) in [6, 6.07) is 1.66. The molecule has 1 N–H and O–H groups in total. The first-order valence-corrected chi connectivity index (χ1v) is 8.44. The second-order valence-electron chi connectivity index (χ2n) is 6.19. The first-order chi connectivity index (χ1) is 11.7. The number of nitrogens with zero attached hydrogens (tertiary/aromatic N) is 3. The number of piperidine rings is 1. The monoisotopic (exact) mass is 360 g/mol. The molecule has 0 radical (unpaired) electrons. The van der Waals surface area contributed by atoms with E-state index in [1.807, 2.05) is 6.92 Å². The van der Waals surface area contributed by atoms with Gasteiger partial charge in [-0.2, -0.15) is 18.3 Å². The van der Waals surface area contributed by atoms with Crippen LogP contribution in [0.2, 0.25) is 0 Å². The summed E-state index contributed by atoms with van der Waals surface area (Å²) in [6.07, 6.45) is -2.65. The fourth-order valence-electron chi connectivity index (χ4n) is 3.00. The molecule has 2 rings (SSSR count). The zero-order valence-electron chi connectivity index (χ0n) is 14.4. The molecule has 1 fully saturated rings. The molecule has 0 aromatic carbocycles. The average molecular weight is 360 g/mol. The molecule has 1 saturated heterocycles. The molecule has 0 saturated carbocycles. The number of H-pyrrole nitrogens is 1. The van der Waals surface area contributed by atoms with Crippen LogP contribution in [0.3, 0.4) is 0 Å². The Labute approximate surface area is 144 Å². The van der Waals surface area contributed by atoms with Crippen molar-refractivity contribution in [1.82, 2.24) is 20.0 Å². The summed E-state index contributed by atoms with van der Waals surface area (Å²) in [5.74, 6) is -1.45. The molecule has 0 aliphatic carbocycles. The van der Waals surface area contributed by atoms with Crippen molar-refractivity contribution in [3.05, 3.63) is 17.5 Å². The number of nitrogens with one attached hydrogen (secondary N) is 1. The smallest absolute Gasteiger partial charge is 0.336 e. The largest absolute Gasteiger partial charge is 0.406 e. The van der Waals surface area contributed by atoms with E-state index in [0.29, 0.717) is 25.8 Å². The highest BCUT2D eigenvalue weighted by Crippen LogP contribution is 2.23. The number of alkyl halides is 3. The molecule has 25 heavy (non-hydrogen) atoms. The molecule has 6 nitrogen and oxygen atoms in total. The fraction of sp³-hybridized carbons (Fsp3) is 0.688. The van der Waals surface area contributed by atoms with Crippen molar-refractivity contribution in [2.75, 3.05) is 26.2 Å². The number of rotatable bonds is 5. The molecule has 1 aliphatic rings. The first kappa shape index (κ1) is 19.3. The predicted octanol–water partition coefficient (Wildman–Crippen LogP) is 2.24. The minimum Gasteiger partial charge on any atom is -0.336 e. The van der Waals surface area contributed by atoms with Gasteiger partial charge < -0.3 is 9.80 Å². The van der Waals surface area contributed by atoms with Crippen LogP contribution in [0.5, 0.6) is 0 Å². The number of halogens is 3. The van der Waals surface area contributed by atoms with E-state index in [0.717, 1.165) is 10.6 Å². The van der Waals surface area contributed by atoms with Gasteiger partial charge in [0.25, 0.3) is 5.91 Å². The quantitative estimate of drug-likeness (QED) is 0.876. The van der Waals surface area contributed by atoms with Gasteiger partial charge in [0.05, 0.1) is 5.92 Å². The molecule has 0 spiro atoms. The number of aromatic amines is 1. The van der Waals surface area contributed by atoms with Crippen molar-refractivity contribution in [3.63, 3.8) is 0 Å². The van der Waals surface area contributed by atoms with E-state index in [1.165, 1.54) is 11.8 Å². The van der Waals surface area contributed by atoms with E-state index in [9.17, 15) is 22.8 Å². The highest BCUT2D eigenvalue weighted by atomic mass is 19.4. The molecule has 1 aliphatic heterocycles. The van der Waals surface area contributed by atoms with Crippen molar-refractivity contribution in [3.8, 4) is 0 Å². The van der Waals surface area contributed by atoms with E-state index in [1.54, 1.807) is 6.07 Å². The molecule has 2 amide bonds. The lowest BCUT2D eigenvalue weighted by Gasteiger charge is -2.34. The van der Waals surface area contributed by atoms with Crippen molar-refractivity contribution < 1.29 is 22.8 Å². The molecule has 140 valence electrons. The summed E-state index contributed by atoms with van der Waals surface area (Å²) < 4.78 is 37.8. The Kier molecular flexibility index (Phi) is 6.07. The number of aryl methyl sites for hydroxylation is 1. The standard InChI is InChI=1S/C16H23F3N4O2/c1-3-12-8-13(21-20-12)15(25)23-7-5-6-11(9-23)14(24)22(4-2)10-16(17,18)19/h8,11H,3-7,9-10H2,1-2H3,(H,20,21). The first-order valence-electron chi connectivity index (χ1n) is 8.44. The molecular weight excluding hydrogens is 337 g/mol. The zero-order valence-corrected chi connectivity index (χ0v) is 14.4. The van der Waals surface area contributed by atoms with Crippen LogP contribution in [0.4, 0.5) is 13.2 Å². The number of amides is 2. The summed E-state index contributed by atoms with van der Waals surface area (Å²) in [5, 5.41) is 6.74. The number of hydrogen-bond donors (Lipinski definition) is 1. The van der Waals surface area contributed by atoms with E-state index in [2.05, 4.69) is 10.2 Å². The predicted molar refractivity (Wildman–Crippen MR) is 84.9 cm³/mol. The maximum absolute atomic E-state index is 12.6. The molecule has 1 aromatic heterocycles. The van der Waals surface area contributed by atoms with Gasteiger partial charge >= 0.3 is 6.18 Å². The lowest BCUT2D eigenvalue weighted by atomic mass is 9.96. The Balaban J connectivity index is 2.04. The van der Waals surface area contributed by atoms with Crippen molar-refractivity contribution >= 4 is 11.8 Å². The summed E-state index contributed by atoms with van der Waals surface area (Å²) in [6.45, 7) is 2.78. The lowest BCUT2D eigenvalue weighted by molar-refractivity contribution is -0.164. The second-order valence-corrected chi connectivity index (χ2v) is 6.19. The van der Waals surface area contributed by atoms with Gasteiger partial charge in [0.1, 0.15) is 12.2 Å². The lowest BCUT2D eigenvalue weighted by Crippen LogP contribution is -2.48. The van der Waals surface area contributed by atoms with Gasteiger partial charge in [-0.1, -0.05) is 6.92 Å². The summed E-state index contributed by atoms with van der Waals surface area (Å²) in [7, 11) is 0. The van der Waals surface area contributed by atoms with Crippen molar-refractivity contribution in [2.45, 2.75) is 39.3 Å². The van der Waals surface area contributed by atoms with Crippen LogP contribution in [-0.2, 0) is 11.2 Å². The van der Waals surface area contributed by atoms with Gasteiger partial charge in [0.2, 0.25) is 5.91 Å². The molecule has 9 heteroatoms.